The molecule has 0 saturated heterocycles. The highest BCUT2D eigenvalue weighted by Crippen LogP contribution is 2.22. The van der Waals surface area contributed by atoms with E-state index in [1.54, 1.807) is 45.0 Å². The molecular weight excluding hydrogens is 486 g/mol. The summed E-state index contributed by atoms with van der Waals surface area (Å²) in [7, 11) is 0. The summed E-state index contributed by atoms with van der Waals surface area (Å²) in [6.07, 6.45) is 13.1. The molecule has 9 nitrogen and oxygen atoms in total. The fraction of sp³-hybridized carbons (Fsp3) is 0.690. The van der Waals surface area contributed by atoms with Gasteiger partial charge in [-0.05, 0) is 58.4 Å². The average molecular weight is 534 g/mol. The Hall–Kier alpha value is -2.81. The van der Waals surface area contributed by atoms with E-state index in [4.69, 9.17) is 14.6 Å². The Morgan fingerprint density at radius 1 is 0.895 bits per heavy atom. The highest BCUT2D eigenvalue weighted by Gasteiger charge is 2.22. The molecule has 2 aliphatic rings. The van der Waals surface area contributed by atoms with Gasteiger partial charge in [0.05, 0.1) is 0 Å². The molecular formula is C29H47N3O6. The fourth-order valence-electron chi connectivity index (χ4n) is 4.67. The lowest BCUT2D eigenvalue weighted by Gasteiger charge is -2.30. The van der Waals surface area contributed by atoms with Crippen LogP contribution in [0.4, 0.5) is 9.59 Å². The third-order valence-corrected chi connectivity index (χ3v) is 6.59. The van der Waals surface area contributed by atoms with E-state index in [1.165, 1.54) is 64.2 Å². The molecule has 214 valence electrons. The molecule has 1 aromatic rings. The number of hydrogen-bond acceptors (Lipinski definition) is 6. The molecule has 0 radical (unpaired) electrons. The second kappa shape index (κ2) is 16.9. The van der Waals surface area contributed by atoms with Crippen molar-refractivity contribution in [1.29, 1.82) is 0 Å². The van der Waals surface area contributed by atoms with E-state index in [-0.39, 0.29) is 19.6 Å². The first-order valence-electron chi connectivity index (χ1n) is 14.1. The molecule has 3 rings (SSSR count). The number of benzene rings is 1. The van der Waals surface area contributed by atoms with Crippen LogP contribution in [-0.2, 0) is 20.9 Å². The lowest BCUT2D eigenvalue weighted by atomic mass is 9.91. The van der Waals surface area contributed by atoms with E-state index in [2.05, 4.69) is 16.0 Å². The van der Waals surface area contributed by atoms with Gasteiger partial charge in [0.1, 0.15) is 18.2 Å². The zero-order valence-electron chi connectivity index (χ0n) is 23.3. The molecule has 2 fully saturated rings. The lowest BCUT2D eigenvalue weighted by Crippen LogP contribution is -2.43. The molecule has 0 heterocycles. The molecule has 2 aliphatic carbocycles. The number of carbonyl (C=O) groups is 3. The maximum absolute atomic E-state index is 11.7. The van der Waals surface area contributed by atoms with Crippen molar-refractivity contribution in [3.05, 3.63) is 35.9 Å². The van der Waals surface area contributed by atoms with Crippen LogP contribution in [-0.4, -0.2) is 53.5 Å². The predicted octanol–water partition coefficient (Wildman–Crippen LogP) is 5.52. The van der Waals surface area contributed by atoms with Crippen LogP contribution in [0.2, 0.25) is 0 Å². The maximum atomic E-state index is 11.7. The first kappa shape index (κ1) is 31.4. The van der Waals surface area contributed by atoms with Crippen LogP contribution in [0.5, 0.6) is 0 Å². The Labute approximate surface area is 227 Å². The third kappa shape index (κ3) is 14.2. The summed E-state index contributed by atoms with van der Waals surface area (Å²) >= 11 is 0. The van der Waals surface area contributed by atoms with E-state index in [9.17, 15) is 14.4 Å². The first-order chi connectivity index (χ1) is 18.1. The second-order valence-corrected chi connectivity index (χ2v) is 11.2. The number of alkyl carbamates (subject to hydrolysis) is 2. The van der Waals surface area contributed by atoms with Crippen molar-refractivity contribution in [3.63, 3.8) is 0 Å². The molecule has 0 aromatic heterocycles. The van der Waals surface area contributed by atoms with E-state index < -0.39 is 29.8 Å². The van der Waals surface area contributed by atoms with Gasteiger partial charge >= 0.3 is 18.2 Å². The smallest absolute Gasteiger partial charge is 0.408 e. The summed E-state index contributed by atoms with van der Waals surface area (Å²) in [4.78, 5) is 34.4. The van der Waals surface area contributed by atoms with Crippen LogP contribution in [0.15, 0.2) is 30.3 Å². The molecule has 0 aliphatic heterocycles. The highest BCUT2D eigenvalue weighted by atomic mass is 16.6. The molecule has 9 heteroatoms. The summed E-state index contributed by atoms with van der Waals surface area (Å²) in [5, 5.41) is 17.7. The number of rotatable bonds is 9. The van der Waals surface area contributed by atoms with Crippen molar-refractivity contribution < 1.29 is 29.0 Å². The molecule has 38 heavy (non-hydrogen) atoms. The van der Waals surface area contributed by atoms with Gasteiger partial charge in [0.2, 0.25) is 0 Å². The molecule has 0 bridgehead atoms. The van der Waals surface area contributed by atoms with Crippen molar-refractivity contribution in [2.45, 2.75) is 122 Å². The largest absolute Gasteiger partial charge is 0.480 e. The predicted molar refractivity (Wildman–Crippen MR) is 147 cm³/mol. The van der Waals surface area contributed by atoms with Gasteiger partial charge in [0.25, 0.3) is 0 Å². The molecule has 0 spiro atoms. The number of carbonyl (C=O) groups excluding carboxylic acids is 2. The van der Waals surface area contributed by atoms with Crippen LogP contribution in [0.1, 0.15) is 97.0 Å². The van der Waals surface area contributed by atoms with Crippen LogP contribution in [0.3, 0.4) is 0 Å². The number of carboxylic acids is 1. The van der Waals surface area contributed by atoms with Crippen molar-refractivity contribution >= 4 is 18.2 Å². The number of hydrogen-bond donors (Lipinski definition) is 4. The third-order valence-electron chi connectivity index (χ3n) is 6.59. The monoisotopic (exact) mass is 533 g/mol. The molecule has 1 aromatic carbocycles. The Morgan fingerprint density at radius 3 is 1.95 bits per heavy atom. The Bertz CT molecular complexity index is 814. The summed E-state index contributed by atoms with van der Waals surface area (Å²) in [6, 6.07) is 9.57. The maximum Gasteiger partial charge on any atom is 0.408 e. The van der Waals surface area contributed by atoms with Gasteiger partial charge in [-0.15, -0.1) is 0 Å². The topological polar surface area (TPSA) is 126 Å². The van der Waals surface area contributed by atoms with Crippen molar-refractivity contribution in [2.75, 3.05) is 6.54 Å². The first-order valence-corrected chi connectivity index (χ1v) is 14.1. The average Bonchev–Trinajstić information content (AvgIpc) is 2.88. The van der Waals surface area contributed by atoms with Gasteiger partial charge in [0.15, 0.2) is 0 Å². The molecule has 2 saturated carbocycles. The minimum Gasteiger partial charge on any atom is -0.480 e. The van der Waals surface area contributed by atoms with Crippen molar-refractivity contribution in [1.82, 2.24) is 16.0 Å². The summed E-state index contributed by atoms with van der Waals surface area (Å²) in [5.41, 5.74) is 0.145. The quantitative estimate of drug-likeness (QED) is 0.329. The molecule has 0 unspecified atom stereocenters. The van der Waals surface area contributed by atoms with Gasteiger partial charge in [-0.1, -0.05) is 68.9 Å². The van der Waals surface area contributed by atoms with Gasteiger partial charge in [-0.25, -0.2) is 14.4 Å². The van der Waals surface area contributed by atoms with Crippen LogP contribution in [0.25, 0.3) is 0 Å². The SMILES string of the molecule is C1CCC(NC2CCCCC2)CC1.CC(C)(C)OC(=O)NCC[C@@H](NC(=O)OCc1ccccc1)C(=O)O. The number of ether oxygens (including phenoxy) is 2. The Kier molecular flexibility index (Phi) is 14.0. The number of nitrogens with one attached hydrogen (secondary N) is 3. The second-order valence-electron chi connectivity index (χ2n) is 11.2. The lowest BCUT2D eigenvalue weighted by molar-refractivity contribution is -0.139. The summed E-state index contributed by atoms with van der Waals surface area (Å²) in [6.45, 7) is 5.23. The van der Waals surface area contributed by atoms with Gasteiger partial charge in [-0.3, -0.25) is 0 Å². The Morgan fingerprint density at radius 2 is 1.45 bits per heavy atom. The highest BCUT2D eigenvalue weighted by molar-refractivity contribution is 5.80. The molecule has 2 amide bonds. The Balaban J connectivity index is 0.000000323. The van der Waals surface area contributed by atoms with Crippen LogP contribution >= 0.6 is 0 Å². The van der Waals surface area contributed by atoms with E-state index in [1.807, 2.05) is 6.07 Å². The van der Waals surface area contributed by atoms with E-state index in [0.29, 0.717) is 0 Å². The van der Waals surface area contributed by atoms with E-state index in [0.717, 1.165) is 17.6 Å². The van der Waals surface area contributed by atoms with Gasteiger partial charge < -0.3 is 30.5 Å². The van der Waals surface area contributed by atoms with E-state index >= 15 is 0 Å². The van der Waals surface area contributed by atoms with Crippen molar-refractivity contribution in [2.24, 2.45) is 0 Å². The minimum atomic E-state index is -1.22. The summed E-state index contributed by atoms with van der Waals surface area (Å²) in [5.74, 6) is -1.22. The zero-order valence-corrected chi connectivity index (χ0v) is 23.3. The van der Waals surface area contributed by atoms with Crippen molar-refractivity contribution in [3.8, 4) is 0 Å². The normalized spacial score (nSPS) is 17.3. The summed E-state index contributed by atoms with van der Waals surface area (Å²) < 4.78 is 10.0. The zero-order chi connectivity index (χ0) is 27.8. The number of amides is 2. The number of aliphatic carboxylic acids is 1. The minimum absolute atomic E-state index is 0.00495. The standard InChI is InChI=1S/C17H24N2O6.C12H23N/c1-17(2,3)25-15(22)18-10-9-13(14(20)21)19-16(23)24-11-12-7-5-4-6-8-12;1-3-7-11(8-4-1)13-12-9-5-2-6-10-12/h4-8,13H,9-11H2,1-3H3,(H,18,22)(H,19,23)(H,20,21);11-13H,1-10H2/t13-;/m1./s1. The molecule has 4 N–H and O–H groups in total. The van der Waals surface area contributed by atoms with Crippen LogP contribution < -0.4 is 16.0 Å². The molecule has 1 atom stereocenters. The van der Waals surface area contributed by atoms with Crippen LogP contribution in [0, 0.1) is 0 Å². The number of carboxylic acid groups (broad SMARTS) is 1. The van der Waals surface area contributed by atoms with Gasteiger partial charge in [0, 0.05) is 18.6 Å². The van der Waals surface area contributed by atoms with Gasteiger partial charge in [-0.2, -0.15) is 0 Å². The fourth-order valence-corrected chi connectivity index (χ4v) is 4.67.